The molecular weight excluding hydrogens is 296 g/mol. The van der Waals surface area contributed by atoms with E-state index in [1.54, 1.807) is 0 Å². The van der Waals surface area contributed by atoms with Crippen molar-refractivity contribution in [2.75, 3.05) is 6.61 Å². The van der Waals surface area contributed by atoms with Crippen molar-refractivity contribution < 1.29 is 4.74 Å². The van der Waals surface area contributed by atoms with Crippen LogP contribution in [0.3, 0.4) is 0 Å². The smallest absolute Gasteiger partial charge is 0.0827 e. The zero-order valence-corrected chi connectivity index (χ0v) is 17.6. The number of hydrogen-bond acceptors (Lipinski definition) is 1. The zero-order valence-electron chi connectivity index (χ0n) is 16.6. The highest BCUT2D eigenvalue weighted by Gasteiger charge is 2.31. The maximum atomic E-state index is 6.39. The third-order valence-corrected chi connectivity index (χ3v) is 7.75. The highest BCUT2D eigenvalue weighted by Crippen LogP contribution is 2.38. The first-order chi connectivity index (χ1) is 10.6. The highest BCUT2D eigenvalue weighted by atomic mass is 28.3. The summed E-state index contributed by atoms with van der Waals surface area (Å²) in [6.07, 6.45) is 2.66. The molecule has 0 radical (unpaired) electrons. The number of hydrogen-bond donors (Lipinski definition) is 0. The molecule has 0 spiro atoms. The first-order valence-corrected chi connectivity index (χ1v) is 12.9. The molecule has 0 aliphatic rings. The second kappa shape index (κ2) is 9.03. The van der Waals surface area contributed by atoms with E-state index in [1.165, 1.54) is 24.0 Å². The van der Waals surface area contributed by atoms with E-state index in [9.17, 15) is 0 Å². The molecule has 0 aliphatic carbocycles. The van der Waals surface area contributed by atoms with Crippen molar-refractivity contribution in [3.05, 3.63) is 35.4 Å². The molecule has 1 rings (SSSR count). The van der Waals surface area contributed by atoms with Gasteiger partial charge in [-0.2, -0.15) is 0 Å². The summed E-state index contributed by atoms with van der Waals surface area (Å²) in [6.45, 7) is 19.6. The lowest BCUT2D eigenvalue weighted by atomic mass is 9.98. The van der Waals surface area contributed by atoms with Crippen molar-refractivity contribution in [2.45, 2.75) is 78.7 Å². The van der Waals surface area contributed by atoms with E-state index in [1.807, 2.05) is 0 Å². The van der Waals surface area contributed by atoms with Gasteiger partial charge in [0.1, 0.15) is 0 Å². The molecule has 0 aliphatic heterocycles. The van der Waals surface area contributed by atoms with Gasteiger partial charge in [-0.05, 0) is 41.3 Å². The fourth-order valence-electron chi connectivity index (χ4n) is 2.66. The fraction of sp³-hybridized carbons (Fsp3) is 0.714. The molecule has 1 aromatic carbocycles. The van der Waals surface area contributed by atoms with Crippen LogP contribution in [0.25, 0.3) is 0 Å². The molecule has 23 heavy (non-hydrogen) atoms. The van der Waals surface area contributed by atoms with E-state index >= 15 is 0 Å². The van der Waals surface area contributed by atoms with Gasteiger partial charge in [-0.25, -0.2) is 0 Å². The highest BCUT2D eigenvalue weighted by molar-refractivity contribution is 6.77. The molecular formula is C21H38OSi. The van der Waals surface area contributed by atoms with Crippen LogP contribution in [0.15, 0.2) is 24.3 Å². The van der Waals surface area contributed by atoms with Gasteiger partial charge in [-0.1, -0.05) is 78.5 Å². The van der Waals surface area contributed by atoms with Gasteiger partial charge in [-0.3, -0.25) is 0 Å². The molecule has 2 unspecified atom stereocenters. The molecule has 0 N–H and O–H groups in total. The predicted molar refractivity (Wildman–Crippen MR) is 106 cm³/mol. The maximum Gasteiger partial charge on any atom is 0.0827 e. The second-order valence-electron chi connectivity index (χ2n) is 8.98. The van der Waals surface area contributed by atoms with Crippen LogP contribution in [0.5, 0.6) is 0 Å². The van der Waals surface area contributed by atoms with Gasteiger partial charge in [0.2, 0.25) is 0 Å². The standard InChI is InChI=1S/C21H38OSi/c1-16(2)12-13-19-10-9-11-20(14-19)21(22-15-17(3)4)18(5)23(6,7)8/h9-11,14,16-18,21H,12-13,15H2,1-8H3. The molecule has 0 aromatic heterocycles. The molecule has 0 heterocycles. The van der Waals surface area contributed by atoms with E-state index in [0.717, 1.165) is 12.5 Å². The van der Waals surface area contributed by atoms with Crippen molar-refractivity contribution in [2.24, 2.45) is 11.8 Å². The summed E-state index contributed by atoms with van der Waals surface area (Å²) < 4.78 is 6.39. The molecule has 0 saturated carbocycles. The minimum absolute atomic E-state index is 0.239. The summed E-state index contributed by atoms with van der Waals surface area (Å²) in [6, 6.07) is 9.14. The Morgan fingerprint density at radius 3 is 2.13 bits per heavy atom. The van der Waals surface area contributed by atoms with Gasteiger partial charge in [0.25, 0.3) is 0 Å². The summed E-state index contributed by atoms with van der Waals surface area (Å²) in [5.74, 6) is 1.34. The molecule has 1 nitrogen and oxygen atoms in total. The van der Waals surface area contributed by atoms with Crippen molar-refractivity contribution in [3.63, 3.8) is 0 Å². The first kappa shape index (κ1) is 20.4. The van der Waals surface area contributed by atoms with Gasteiger partial charge in [0.05, 0.1) is 14.2 Å². The van der Waals surface area contributed by atoms with Crippen molar-refractivity contribution >= 4 is 8.07 Å². The summed E-state index contributed by atoms with van der Waals surface area (Å²) >= 11 is 0. The van der Waals surface area contributed by atoms with Gasteiger partial charge >= 0.3 is 0 Å². The largest absolute Gasteiger partial charge is 0.373 e. The van der Waals surface area contributed by atoms with E-state index in [0.29, 0.717) is 11.5 Å². The maximum absolute atomic E-state index is 6.39. The normalized spacial score (nSPS) is 15.2. The summed E-state index contributed by atoms with van der Waals surface area (Å²) in [5.41, 5.74) is 3.44. The third kappa shape index (κ3) is 7.22. The minimum Gasteiger partial charge on any atom is -0.373 e. The molecule has 132 valence electrons. The molecule has 2 heteroatoms. The number of aryl methyl sites for hydroxylation is 1. The molecule has 0 saturated heterocycles. The molecule has 0 bridgehead atoms. The topological polar surface area (TPSA) is 9.23 Å². The monoisotopic (exact) mass is 334 g/mol. The Bertz CT molecular complexity index is 459. The van der Waals surface area contributed by atoms with Crippen LogP contribution in [0, 0.1) is 11.8 Å². The summed E-state index contributed by atoms with van der Waals surface area (Å²) in [5, 5.41) is 0. The average molecular weight is 335 g/mol. The van der Waals surface area contributed by atoms with Crippen LogP contribution in [0.1, 0.15) is 58.3 Å². The minimum atomic E-state index is -1.26. The molecule has 1 aromatic rings. The molecule has 0 fully saturated rings. The lowest BCUT2D eigenvalue weighted by molar-refractivity contribution is 0.0314. The predicted octanol–water partition coefficient (Wildman–Crippen LogP) is 6.72. The van der Waals surface area contributed by atoms with Crippen molar-refractivity contribution in [3.8, 4) is 0 Å². The number of benzene rings is 1. The van der Waals surface area contributed by atoms with Gasteiger partial charge in [-0.15, -0.1) is 0 Å². The van der Waals surface area contributed by atoms with Crippen molar-refractivity contribution in [1.29, 1.82) is 0 Å². The third-order valence-electron chi connectivity index (χ3n) is 4.72. The van der Waals surface area contributed by atoms with Crippen LogP contribution < -0.4 is 0 Å². The molecule has 2 atom stereocenters. The Hall–Kier alpha value is -0.603. The Kier molecular flexibility index (Phi) is 8.03. The molecule has 0 amide bonds. The Morgan fingerprint density at radius 2 is 1.61 bits per heavy atom. The quantitative estimate of drug-likeness (QED) is 0.456. The SMILES string of the molecule is CC(C)CCc1cccc(C(OCC(C)C)C(C)[Si](C)(C)C)c1. The van der Waals surface area contributed by atoms with E-state index < -0.39 is 8.07 Å². The summed E-state index contributed by atoms with van der Waals surface area (Å²) in [4.78, 5) is 0. The number of rotatable bonds is 9. The van der Waals surface area contributed by atoms with E-state index in [2.05, 4.69) is 78.5 Å². The lowest BCUT2D eigenvalue weighted by Crippen LogP contribution is -2.32. The first-order valence-electron chi connectivity index (χ1n) is 9.31. The second-order valence-corrected chi connectivity index (χ2v) is 14.6. The van der Waals surface area contributed by atoms with Crippen LogP contribution >= 0.6 is 0 Å². The fourth-order valence-corrected chi connectivity index (χ4v) is 3.86. The summed E-state index contributed by atoms with van der Waals surface area (Å²) in [7, 11) is -1.26. The Labute approximate surface area is 145 Å². The van der Waals surface area contributed by atoms with Crippen molar-refractivity contribution in [1.82, 2.24) is 0 Å². The van der Waals surface area contributed by atoms with Crippen LogP contribution in [-0.2, 0) is 11.2 Å². The van der Waals surface area contributed by atoms with Crippen LogP contribution in [0.2, 0.25) is 25.2 Å². The van der Waals surface area contributed by atoms with Gasteiger partial charge in [0, 0.05) is 6.61 Å². The zero-order chi connectivity index (χ0) is 17.6. The Balaban J connectivity index is 2.98. The lowest BCUT2D eigenvalue weighted by Gasteiger charge is -2.34. The van der Waals surface area contributed by atoms with Crippen LogP contribution in [0.4, 0.5) is 0 Å². The van der Waals surface area contributed by atoms with E-state index in [-0.39, 0.29) is 6.10 Å². The van der Waals surface area contributed by atoms with Gasteiger partial charge < -0.3 is 4.74 Å². The van der Waals surface area contributed by atoms with E-state index in [4.69, 9.17) is 4.74 Å². The number of ether oxygens (including phenoxy) is 1. The Morgan fingerprint density at radius 1 is 0.957 bits per heavy atom. The van der Waals surface area contributed by atoms with Crippen LogP contribution in [-0.4, -0.2) is 14.7 Å². The average Bonchev–Trinajstić information content (AvgIpc) is 2.44. The van der Waals surface area contributed by atoms with Gasteiger partial charge in [0.15, 0.2) is 0 Å².